The van der Waals surface area contributed by atoms with Crippen LogP contribution in [0, 0.1) is 0 Å². The molecular weight excluding hydrogens is 274 g/mol. The molecule has 1 saturated heterocycles. The fourth-order valence-corrected chi connectivity index (χ4v) is 3.64. The molecule has 22 heavy (non-hydrogen) atoms. The van der Waals surface area contributed by atoms with Crippen LogP contribution in [0.2, 0.25) is 0 Å². The van der Waals surface area contributed by atoms with Crippen molar-refractivity contribution in [1.29, 1.82) is 0 Å². The smallest absolute Gasteiger partial charge is 0.0144 e. The summed E-state index contributed by atoms with van der Waals surface area (Å²) in [5.41, 5.74) is 5.91. The first-order valence-electron chi connectivity index (χ1n) is 8.99. The van der Waals surface area contributed by atoms with Crippen molar-refractivity contribution in [2.24, 2.45) is 5.73 Å². The van der Waals surface area contributed by atoms with Gasteiger partial charge < -0.3 is 27.0 Å². The van der Waals surface area contributed by atoms with Crippen LogP contribution in [0.15, 0.2) is 0 Å². The number of nitrogens with one attached hydrogen (secondary N) is 4. The number of hydrogen-bond donors (Lipinski definition) is 5. The van der Waals surface area contributed by atoms with E-state index in [1.807, 2.05) is 0 Å². The molecule has 0 bridgehead atoms. The van der Waals surface area contributed by atoms with Gasteiger partial charge in [0, 0.05) is 30.2 Å². The van der Waals surface area contributed by atoms with Crippen molar-refractivity contribution in [2.75, 3.05) is 39.3 Å². The second kappa shape index (κ2) is 9.83. The molecule has 1 fully saturated rings. The van der Waals surface area contributed by atoms with E-state index in [0.29, 0.717) is 6.04 Å². The molecule has 0 amide bonds. The van der Waals surface area contributed by atoms with Gasteiger partial charge in [-0.1, -0.05) is 0 Å². The Morgan fingerprint density at radius 2 is 1.41 bits per heavy atom. The standard InChI is InChI=1S/C17H39N5/c1-16(2)13-15(14-17(3,4)22-16)21-10-6-9-20-12-11-19-8-5-7-18/h15,19-22H,5-14,18H2,1-4H3. The molecule has 0 aromatic rings. The molecule has 1 rings (SSSR count). The monoisotopic (exact) mass is 313 g/mol. The fourth-order valence-electron chi connectivity index (χ4n) is 3.64. The molecule has 0 unspecified atom stereocenters. The van der Waals surface area contributed by atoms with Crippen molar-refractivity contribution in [1.82, 2.24) is 21.3 Å². The number of nitrogens with two attached hydrogens (primary N) is 1. The Morgan fingerprint density at radius 3 is 1.95 bits per heavy atom. The summed E-state index contributed by atoms with van der Waals surface area (Å²) in [5.74, 6) is 0. The van der Waals surface area contributed by atoms with E-state index in [9.17, 15) is 0 Å². The van der Waals surface area contributed by atoms with Gasteiger partial charge in [0.05, 0.1) is 0 Å². The SMILES string of the molecule is CC1(C)CC(NCCCNCCNCCCN)CC(C)(C)N1. The van der Waals surface area contributed by atoms with Crippen LogP contribution in [0.25, 0.3) is 0 Å². The molecule has 0 aromatic carbocycles. The van der Waals surface area contributed by atoms with E-state index in [2.05, 4.69) is 49.0 Å². The Balaban J connectivity index is 2.00. The van der Waals surface area contributed by atoms with Gasteiger partial charge in [-0.15, -0.1) is 0 Å². The largest absolute Gasteiger partial charge is 0.330 e. The molecule has 5 nitrogen and oxygen atoms in total. The fraction of sp³-hybridized carbons (Fsp3) is 1.00. The maximum Gasteiger partial charge on any atom is 0.0144 e. The highest BCUT2D eigenvalue weighted by molar-refractivity contribution is 4.99. The van der Waals surface area contributed by atoms with E-state index in [0.717, 1.165) is 45.7 Å². The van der Waals surface area contributed by atoms with E-state index in [-0.39, 0.29) is 11.1 Å². The summed E-state index contributed by atoms with van der Waals surface area (Å²) in [4.78, 5) is 0. The van der Waals surface area contributed by atoms with E-state index in [1.54, 1.807) is 0 Å². The highest BCUT2D eigenvalue weighted by Crippen LogP contribution is 2.28. The molecule has 0 spiro atoms. The Morgan fingerprint density at radius 1 is 0.864 bits per heavy atom. The minimum Gasteiger partial charge on any atom is -0.330 e. The second-order valence-corrected chi connectivity index (χ2v) is 7.95. The Labute approximate surface area is 137 Å². The van der Waals surface area contributed by atoms with Crippen LogP contribution < -0.4 is 27.0 Å². The van der Waals surface area contributed by atoms with Gasteiger partial charge >= 0.3 is 0 Å². The molecular formula is C17H39N5. The zero-order valence-corrected chi connectivity index (χ0v) is 15.2. The van der Waals surface area contributed by atoms with Crippen molar-refractivity contribution in [3.63, 3.8) is 0 Å². The summed E-state index contributed by atoms with van der Waals surface area (Å²) >= 11 is 0. The first kappa shape index (κ1) is 19.8. The predicted octanol–water partition coefficient (Wildman–Crippen LogP) is 0.803. The first-order chi connectivity index (χ1) is 10.3. The first-order valence-corrected chi connectivity index (χ1v) is 8.99. The van der Waals surface area contributed by atoms with Gasteiger partial charge in [-0.2, -0.15) is 0 Å². The summed E-state index contributed by atoms with van der Waals surface area (Å²) in [6, 6.07) is 0.629. The van der Waals surface area contributed by atoms with Crippen molar-refractivity contribution in [3.8, 4) is 0 Å². The lowest BCUT2D eigenvalue weighted by Crippen LogP contribution is -2.61. The molecule has 132 valence electrons. The van der Waals surface area contributed by atoms with Gasteiger partial charge in [-0.3, -0.25) is 0 Å². The minimum atomic E-state index is 0.229. The number of piperidine rings is 1. The number of hydrogen-bond acceptors (Lipinski definition) is 5. The molecule has 5 heteroatoms. The summed E-state index contributed by atoms with van der Waals surface area (Å²) < 4.78 is 0. The van der Waals surface area contributed by atoms with Gasteiger partial charge in [0.25, 0.3) is 0 Å². The quantitative estimate of drug-likeness (QED) is 0.365. The topological polar surface area (TPSA) is 74.1 Å². The van der Waals surface area contributed by atoms with Crippen LogP contribution in [0.5, 0.6) is 0 Å². The van der Waals surface area contributed by atoms with Gasteiger partial charge in [-0.25, -0.2) is 0 Å². The molecule has 0 saturated carbocycles. The molecule has 1 aliphatic rings. The lowest BCUT2D eigenvalue weighted by Gasteiger charge is -2.46. The van der Waals surface area contributed by atoms with Crippen LogP contribution in [-0.2, 0) is 0 Å². The van der Waals surface area contributed by atoms with Crippen LogP contribution >= 0.6 is 0 Å². The molecule has 1 heterocycles. The summed E-state index contributed by atoms with van der Waals surface area (Å²) in [6.07, 6.45) is 4.66. The normalized spacial score (nSPS) is 21.1. The minimum absolute atomic E-state index is 0.229. The van der Waals surface area contributed by atoms with Crippen molar-refractivity contribution in [3.05, 3.63) is 0 Å². The highest BCUT2D eigenvalue weighted by atomic mass is 15.1. The van der Waals surface area contributed by atoms with Crippen molar-refractivity contribution >= 4 is 0 Å². The van der Waals surface area contributed by atoms with E-state index >= 15 is 0 Å². The molecule has 0 atom stereocenters. The molecule has 1 aliphatic heterocycles. The average molecular weight is 314 g/mol. The third-order valence-electron chi connectivity index (χ3n) is 4.19. The molecule has 0 aromatic heterocycles. The second-order valence-electron chi connectivity index (χ2n) is 7.95. The van der Waals surface area contributed by atoms with Crippen LogP contribution in [0.4, 0.5) is 0 Å². The third-order valence-corrected chi connectivity index (χ3v) is 4.19. The van der Waals surface area contributed by atoms with Crippen LogP contribution in [0.3, 0.4) is 0 Å². The zero-order valence-electron chi connectivity index (χ0n) is 15.2. The summed E-state index contributed by atoms with van der Waals surface area (Å²) in [7, 11) is 0. The van der Waals surface area contributed by atoms with Crippen molar-refractivity contribution < 1.29 is 0 Å². The maximum absolute atomic E-state index is 5.45. The lowest BCUT2D eigenvalue weighted by atomic mass is 9.79. The maximum atomic E-state index is 5.45. The van der Waals surface area contributed by atoms with Gasteiger partial charge in [0.1, 0.15) is 0 Å². The average Bonchev–Trinajstić information content (AvgIpc) is 2.37. The summed E-state index contributed by atoms with van der Waals surface area (Å²) in [5, 5.41) is 14.3. The molecule has 0 radical (unpaired) electrons. The Kier molecular flexibility index (Phi) is 8.87. The Hall–Kier alpha value is -0.200. The van der Waals surface area contributed by atoms with Crippen molar-refractivity contribution in [2.45, 2.75) is 70.5 Å². The van der Waals surface area contributed by atoms with Crippen LogP contribution in [0.1, 0.15) is 53.4 Å². The van der Waals surface area contributed by atoms with Gasteiger partial charge in [0.2, 0.25) is 0 Å². The predicted molar refractivity (Wildman–Crippen MR) is 96.3 cm³/mol. The van der Waals surface area contributed by atoms with Gasteiger partial charge in [0.15, 0.2) is 0 Å². The van der Waals surface area contributed by atoms with E-state index in [1.165, 1.54) is 19.3 Å². The van der Waals surface area contributed by atoms with E-state index < -0.39 is 0 Å². The molecule has 0 aliphatic carbocycles. The zero-order chi connectivity index (χ0) is 16.5. The van der Waals surface area contributed by atoms with Crippen LogP contribution in [-0.4, -0.2) is 56.4 Å². The highest BCUT2D eigenvalue weighted by Gasteiger charge is 2.37. The van der Waals surface area contributed by atoms with Gasteiger partial charge in [-0.05, 0) is 79.6 Å². The lowest BCUT2D eigenvalue weighted by molar-refractivity contribution is 0.146. The Bertz CT molecular complexity index is 275. The van der Waals surface area contributed by atoms with E-state index in [4.69, 9.17) is 5.73 Å². The molecule has 6 N–H and O–H groups in total. The number of rotatable bonds is 11. The third kappa shape index (κ3) is 9.06. The summed E-state index contributed by atoms with van der Waals surface area (Å²) in [6.45, 7) is 15.3.